The molecule has 0 unspecified atom stereocenters. The van der Waals surface area contributed by atoms with Crippen molar-refractivity contribution in [2.75, 3.05) is 7.11 Å². The van der Waals surface area contributed by atoms with Gasteiger partial charge in [-0.05, 0) is 6.07 Å². The number of rotatable bonds is 2. The maximum atomic E-state index is 13.0. The number of benzene rings is 1. The van der Waals surface area contributed by atoms with Crippen LogP contribution in [0.5, 0.6) is 5.75 Å². The Morgan fingerprint density at radius 2 is 2.00 bits per heavy atom. The summed E-state index contributed by atoms with van der Waals surface area (Å²) in [6, 6.07) is 0.664. The van der Waals surface area contributed by atoms with Gasteiger partial charge in [0, 0.05) is 5.56 Å². The first-order valence-corrected chi connectivity index (χ1v) is 3.50. The zero-order valence-corrected chi connectivity index (χ0v) is 7.09. The lowest BCUT2D eigenvalue weighted by molar-refractivity contribution is 0.321. The van der Waals surface area contributed by atoms with Crippen LogP contribution in [0.15, 0.2) is 11.2 Å². The monoisotopic (exact) mass is 205 g/mol. The van der Waals surface area contributed by atoms with E-state index in [4.69, 9.17) is 5.21 Å². The number of ether oxygens (including phenoxy) is 1. The van der Waals surface area contributed by atoms with Crippen LogP contribution in [0.25, 0.3) is 0 Å². The third kappa shape index (κ3) is 1.63. The molecule has 0 saturated carbocycles. The van der Waals surface area contributed by atoms with E-state index >= 15 is 0 Å². The van der Waals surface area contributed by atoms with Gasteiger partial charge in [-0.3, -0.25) is 0 Å². The van der Waals surface area contributed by atoms with Crippen LogP contribution in [-0.2, 0) is 0 Å². The van der Waals surface area contributed by atoms with Crippen molar-refractivity contribution in [2.24, 2.45) is 5.16 Å². The molecule has 0 saturated heterocycles. The summed E-state index contributed by atoms with van der Waals surface area (Å²) >= 11 is 0. The maximum Gasteiger partial charge on any atom is 0.204 e. The molecule has 6 heteroatoms. The molecule has 0 fully saturated rings. The Kier molecular flexibility index (Phi) is 2.95. The number of halogens is 3. The predicted octanol–water partition coefficient (Wildman–Crippen LogP) is 1.92. The zero-order valence-electron chi connectivity index (χ0n) is 7.09. The van der Waals surface area contributed by atoms with Crippen LogP contribution in [0.3, 0.4) is 0 Å². The standard InChI is InChI=1S/C8H6F3NO2/c1-14-8-4(3-12-13)2-5(9)6(10)7(8)11/h2-3,13H,1H3. The van der Waals surface area contributed by atoms with Crippen LogP contribution in [-0.4, -0.2) is 18.5 Å². The lowest BCUT2D eigenvalue weighted by atomic mass is 10.2. The minimum Gasteiger partial charge on any atom is -0.493 e. The highest BCUT2D eigenvalue weighted by atomic mass is 19.2. The molecule has 1 N–H and O–H groups in total. The second-order valence-electron chi connectivity index (χ2n) is 2.35. The summed E-state index contributed by atoms with van der Waals surface area (Å²) in [7, 11) is 1.09. The molecule has 1 aromatic carbocycles. The fraction of sp³-hybridized carbons (Fsp3) is 0.125. The van der Waals surface area contributed by atoms with Crippen LogP contribution in [0.2, 0.25) is 0 Å². The summed E-state index contributed by atoms with van der Waals surface area (Å²) < 4.78 is 42.8. The van der Waals surface area contributed by atoms with Crippen molar-refractivity contribution in [2.45, 2.75) is 0 Å². The molecule has 3 nitrogen and oxygen atoms in total. The molecule has 0 amide bonds. The summed E-state index contributed by atoms with van der Waals surface area (Å²) in [4.78, 5) is 0. The summed E-state index contributed by atoms with van der Waals surface area (Å²) in [5.74, 6) is -4.97. The summed E-state index contributed by atoms with van der Waals surface area (Å²) in [5.41, 5.74) is -0.189. The number of oxime groups is 1. The van der Waals surface area contributed by atoms with Crippen molar-refractivity contribution in [3.8, 4) is 5.75 Å². The maximum absolute atomic E-state index is 13.0. The van der Waals surface area contributed by atoms with E-state index in [1.165, 1.54) is 0 Å². The molecule has 0 atom stereocenters. The highest BCUT2D eigenvalue weighted by Gasteiger charge is 2.18. The molecule has 0 aromatic heterocycles. The van der Waals surface area contributed by atoms with Gasteiger partial charge in [0.2, 0.25) is 5.82 Å². The Morgan fingerprint density at radius 1 is 1.36 bits per heavy atom. The van der Waals surface area contributed by atoms with Crippen molar-refractivity contribution >= 4 is 6.21 Å². The van der Waals surface area contributed by atoms with Gasteiger partial charge in [0.25, 0.3) is 0 Å². The molecule has 1 rings (SSSR count). The van der Waals surface area contributed by atoms with Gasteiger partial charge in [0.05, 0.1) is 13.3 Å². The Balaban J connectivity index is 3.43. The molecule has 1 aromatic rings. The van der Waals surface area contributed by atoms with E-state index in [0.29, 0.717) is 6.07 Å². The zero-order chi connectivity index (χ0) is 10.7. The lowest BCUT2D eigenvalue weighted by Crippen LogP contribution is -2.00. The van der Waals surface area contributed by atoms with Gasteiger partial charge in [0.1, 0.15) is 0 Å². The van der Waals surface area contributed by atoms with E-state index in [1.807, 2.05) is 0 Å². The van der Waals surface area contributed by atoms with E-state index in [2.05, 4.69) is 9.89 Å². The number of methoxy groups -OCH3 is 1. The number of hydrogen-bond donors (Lipinski definition) is 1. The van der Waals surface area contributed by atoms with Crippen LogP contribution in [0.4, 0.5) is 13.2 Å². The Hall–Kier alpha value is -1.72. The van der Waals surface area contributed by atoms with Crippen molar-refractivity contribution < 1.29 is 23.1 Å². The molecule has 76 valence electrons. The summed E-state index contributed by atoms with van der Waals surface area (Å²) in [6.45, 7) is 0. The van der Waals surface area contributed by atoms with Gasteiger partial charge in [-0.1, -0.05) is 5.16 Å². The average molecular weight is 205 g/mol. The Labute approximate surface area is 77.4 Å². The number of nitrogens with zero attached hydrogens (tertiary/aromatic N) is 1. The fourth-order valence-electron chi connectivity index (χ4n) is 0.962. The molecular weight excluding hydrogens is 199 g/mol. The van der Waals surface area contributed by atoms with E-state index in [-0.39, 0.29) is 5.56 Å². The third-order valence-corrected chi connectivity index (χ3v) is 1.55. The van der Waals surface area contributed by atoms with Gasteiger partial charge >= 0.3 is 0 Å². The van der Waals surface area contributed by atoms with Crippen LogP contribution < -0.4 is 4.74 Å². The molecule has 0 aliphatic carbocycles. The molecule has 0 aliphatic rings. The van der Waals surface area contributed by atoms with Crippen LogP contribution >= 0.6 is 0 Å². The van der Waals surface area contributed by atoms with Gasteiger partial charge in [-0.2, -0.15) is 4.39 Å². The smallest absolute Gasteiger partial charge is 0.204 e. The normalized spacial score (nSPS) is 10.9. The minimum atomic E-state index is -1.63. The molecule has 0 radical (unpaired) electrons. The molecule has 14 heavy (non-hydrogen) atoms. The quantitative estimate of drug-likeness (QED) is 0.347. The Bertz CT molecular complexity index is 379. The predicted molar refractivity (Wildman–Crippen MR) is 42.2 cm³/mol. The largest absolute Gasteiger partial charge is 0.493 e. The van der Waals surface area contributed by atoms with Crippen molar-refractivity contribution in [1.82, 2.24) is 0 Å². The van der Waals surface area contributed by atoms with E-state index in [1.54, 1.807) is 0 Å². The molecule has 0 heterocycles. The van der Waals surface area contributed by atoms with Crippen LogP contribution in [0, 0.1) is 17.5 Å². The second-order valence-corrected chi connectivity index (χ2v) is 2.35. The lowest BCUT2D eigenvalue weighted by Gasteiger charge is -2.06. The average Bonchev–Trinajstić information content (AvgIpc) is 2.16. The summed E-state index contributed by atoms with van der Waals surface area (Å²) in [6.07, 6.45) is 0.741. The molecule has 0 aliphatic heterocycles. The molecule has 0 spiro atoms. The SMILES string of the molecule is COc1c(C=NO)cc(F)c(F)c1F. The van der Waals surface area contributed by atoms with E-state index in [9.17, 15) is 13.2 Å². The fourth-order valence-corrected chi connectivity index (χ4v) is 0.962. The van der Waals surface area contributed by atoms with Crippen LogP contribution in [0.1, 0.15) is 5.56 Å². The van der Waals surface area contributed by atoms with Crippen molar-refractivity contribution in [1.29, 1.82) is 0 Å². The third-order valence-electron chi connectivity index (χ3n) is 1.55. The Morgan fingerprint density at radius 3 is 2.50 bits per heavy atom. The van der Waals surface area contributed by atoms with E-state index < -0.39 is 23.2 Å². The van der Waals surface area contributed by atoms with Gasteiger partial charge in [0.15, 0.2) is 17.4 Å². The highest BCUT2D eigenvalue weighted by Crippen LogP contribution is 2.25. The van der Waals surface area contributed by atoms with Crippen molar-refractivity contribution in [3.05, 3.63) is 29.1 Å². The highest BCUT2D eigenvalue weighted by molar-refractivity contribution is 5.83. The minimum absolute atomic E-state index is 0.189. The first-order valence-electron chi connectivity index (χ1n) is 3.50. The first-order chi connectivity index (χ1) is 6.61. The van der Waals surface area contributed by atoms with E-state index in [0.717, 1.165) is 13.3 Å². The van der Waals surface area contributed by atoms with Gasteiger partial charge in [-0.15, -0.1) is 0 Å². The molecular formula is C8H6F3NO2. The number of hydrogen-bond acceptors (Lipinski definition) is 3. The molecule has 0 bridgehead atoms. The van der Waals surface area contributed by atoms with Crippen molar-refractivity contribution in [3.63, 3.8) is 0 Å². The summed E-state index contributed by atoms with van der Waals surface area (Å²) in [5, 5.41) is 10.7. The van der Waals surface area contributed by atoms with Gasteiger partial charge < -0.3 is 9.94 Å². The second kappa shape index (κ2) is 3.99. The van der Waals surface area contributed by atoms with Gasteiger partial charge in [-0.25, -0.2) is 8.78 Å². The topological polar surface area (TPSA) is 41.8 Å². The first kappa shape index (κ1) is 10.4.